The summed E-state index contributed by atoms with van der Waals surface area (Å²) in [5, 5.41) is 9.60. The highest BCUT2D eigenvalue weighted by atomic mass is 16.6. The first-order valence-corrected chi connectivity index (χ1v) is 9.93. The second-order valence-corrected chi connectivity index (χ2v) is 7.70. The molecule has 1 heterocycles. The van der Waals surface area contributed by atoms with Crippen LogP contribution in [0.1, 0.15) is 36.8 Å². The fourth-order valence-electron chi connectivity index (χ4n) is 4.68. The maximum Gasteiger partial charge on any atom is 0.409 e. The van der Waals surface area contributed by atoms with Crippen LogP contribution in [-0.2, 0) is 4.74 Å². The number of carbonyl (C=O) groups is 1. The minimum Gasteiger partial charge on any atom is -0.448 e. The van der Waals surface area contributed by atoms with Gasteiger partial charge in [-0.3, -0.25) is 0 Å². The standard InChI is InChI=1S/C23H27NO3/c1-2-7-16-12-24(13-17(16)14-25)23(26)27-15-22-20-10-5-3-8-18(20)19-9-4-6-11-21(19)22/h3-6,8-11,16-17,22,25H,2,7,12-15H2,1H3/t16-,17+/m1/s1. The number of likely N-dealkylation sites (tertiary alicyclic amines) is 1. The van der Waals surface area contributed by atoms with Gasteiger partial charge in [-0.2, -0.15) is 0 Å². The van der Waals surface area contributed by atoms with Crippen LogP contribution in [-0.4, -0.2) is 42.4 Å². The summed E-state index contributed by atoms with van der Waals surface area (Å²) in [6.07, 6.45) is 1.85. The Bertz CT molecular complexity index is 773. The zero-order chi connectivity index (χ0) is 18.8. The van der Waals surface area contributed by atoms with Crippen molar-refractivity contribution in [1.82, 2.24) is 4.90 Å². The van der Waals surface area contributed by atoms with Crippen LogP contribution in [0.15, 0.2) is 48.5 Å². The van der Waals surface area contributed by atoms with E-state index in [0.29, 0.717) is 25.6 Å². The number of carbonyl (C=O) groups excluding carboxylic acids is 1. The van der Waals surface area contributed by atoms with E-state index in [0.717, 1.165) is 12.8 Å². The highest BCUT2D eigenvalue weighted by Gasteiger charge is 2.36. The summed E-state index contributed by atoms with van der Waals surface area (Å²) in [5.74, 6) is 0.634. The molecule has 0 unspecified atom stereocenters. The smallest absolute Gasteiger partial charge is 0.409 e. The van der Waals surface area contributed by atoms with E-state index in [4.69, 9.17) is 4.74 Å². The number of nitrogens with zero attached hydrogens (tertiary/aromatic N) is 1. The molecule has 1 amide bonds. The van der Waals surface area contributed by atoms with Gasteiger partial charge in [0.25, 0.3) is 0 Å². The topological polar surface area (TPSA) is 49.8 Å². The molecule has 1 aliphatic carbocycles. The zero-order valence-electron chi connectivity index (χ0n) is 15.8. The Morgan fingerprint density at radius 2 is 1.63 bits per heavy atom. The molecule has 0 aromatic heterocycles. The number of hydrogen-bond acceptors (Lipinski definition) is 3. The van der Waals surface area contributed by atoms with Gasteiger partial charge in [0, 0.05) is 31.5 Å². The molecule has 1 fully saturated rings. The lowest BCUT2D eigenvalue weighted by Gasteiger charge is -2.19. The maximum atomic E-state index is 12.7. The molecule has 4 rings (SSSR count). The van der Waals surface area contributed by atoms with Crippen molar-refractivity contribution in [2.45, 2.75) is 25.7 Å². The average Bonchev–Trinajstić information content (AvgIpc) is 3.26. The van der Waals surface area contributed by atoms with Gasteiger partial charge in [0.1, 0.15) is 6.61 Å². The molecular weight excluding hydrogens is 338 g/mol. The van der Waals surface area contributed by atoms with E-state index in [-0.39, 0.29) is 24.5 Å². The zero-order valence-corrected chi connectivity index (χ0v) is 15.8. The molecule has 0 radical (unpaired) electrons. The molecule has 1 N–H and O–H groups in total. The number of aliphatic hydroxyl groups excluding tert-OH is 1. The Morgan fingerprint density at radius 3 is 2.22 bits per heavy atom. The second kappa shape index (κ2) is 7.73. The summed E-state index contributed by atoms with van der Waals surface area (Å²) in [7, 11) is 0. The maximum absolute atomic E-state index is 12.7. The highest BCUT2D eigenvalue weighted by molar-refractivity contribution is 5.79. The van der Waals surface area contributed by atoms with E-state index in [2.05, 4.69) is 43.3 Å². The molecular formula is C23H27NO3. The Labute approximate surface area is 160 Å². The summed E-state index contributed by atoms with van der Waals surface area (Å²) in [6.45, 7) is 3.92. The molecule has 0 spiro atoms. The number of aliphatic hydroxyl groups is 1. The summed E-state index contributed by atoms with van der Waals surface area (Å²) in [6, 6.07) is 16.7. The van der Waals surface area contributed by atoms with Crippen LogP contribution in [0.25, 0.3) is 11.1 Å². The van der Waals surface area contributed by atoms with Gasteiger partial charge in [0.15, 0.2) is 0 Å². The SMILES string of the molecule is CCC[C@@H]1CN(C(=O)OCC2c3ccccc3-c3ccccc32)C[C@H]1CO. The second-order valence-electron chi connectivity index (χ2n) is 7.70. The van der Waals surface area contributed by atoms with Gasteiger partial charge in [-0.1, -0.05) is 61.9 Å². The third-order valence-corrected chi connectivity index (χ3v) is 6.06. The summed E-state index contributed by atoms with van der Waals surface area (Å²) >= 11 is 0. The van der Waals surface area contributed by atoms with Crippen molar-refractivity contribution < 1.29 is 14.6 Å². The lowest BCUT2D eigenvalue weighted by atomic mass is 9.93. The van der Waals surface area contributed by atoms with Crippen LogP contribution >= 0.6 is 0 Å². The average molecular weight is 365 g/mol. The quantitative estimate of drug-likeness (QED) is 0.861. The summed E-state index contributed by atoms with van der Waals surface area (Å²) in [4.78, 5) is 14.4. The van der Waals surface area contributed by atoms with Crippen LogP contribution in [0.2, 0.25) is 0 Å². The molecule has 2 aliphatic rings. The van der Waals surface area contributed by atoms with E-state index in [1.165, 1.54) is 22.3 Å². The Morgan fingerprint density at radius 1 is 1.04 bits per heavy atom. The minimum atomic E-state index is -0.256. The predicted octanol–water partition coefficient (Wildman–Crippen LogP) is 4.28. The van der Waals surface area contributed by atoms with Gasteiger partial charge >= 0.3 is 6.09 Å². The van der Waals surface area contributed by atoms with E-state index in [1.807, 2.05) is 12.1 Å². The first kappa shape index (κ1) is 18.1. The predicted molar refractivity (Wildman–Crippen MR) is 106 cm³/mol. The van der Waals surface area contributed by atoms with Crippen molar-refractivity contribution in [2.75, 3.05) is 26.3 Å². The largest absolute Gasteiger partial charge is 0.448 e. The number of benzene rings is 2. The summed E-state index contributed by atoms with van der Waals surface area (Å²) in [5.41, 5.74) is 4.92. The van der Waals surface area contributed by atoms with Gasteiger partial charge in [-0.25, -0.2) is 4.79 Å². The van der Waals surface area contributed by atoms with Crippen molar-refractivity contribution in [2.24, 2.45) is 11.8 Å². The van der Waals surface area contributed by atoms with E-state index in [1.54, 1.807) is 4.90 Å². The van der Waals surface area contributed by atoms with Crippen LogP contribution < -0.4 is 0 Å². The number of rotatable bonds is 5. The van der Waals surface area contributed by atoms with Crippen molar-refractivity contribution in [3.63, 3.8) is 0 Å². The Balaban J connectivity index is 1.45. The molecule has 27 heavy (non-hydrogen) atoms. The van der Waals surface area contributed by atoms with Gasteiger partial charge in [-0.15, -0.1) is 0 Å². The van der Waals surface area contributed by atoms with Crippen molar-refractivity contribution >= 4 is 6.09 Å². The molecule has 0 bridgehead atoms. The molecule has 2 aromatic carbocycles. The number of ether oxygens (including phenoxy) is 1. The van der Waals surface area contributed by atoms with Gasteiger partial charge in [0.05, 0.1) is 0 Å². The van der Waals surface area contributed by atoms with Crippen LogP contribution in [0.5, 0.6) is 0 Å². The van der Waals surface area contributed by atoms with E-state index >= 15 is 0 Å². The lowest BCUT2D eigenvalue weighted by Crippen LogP contribution is -2.31. The third-order valence-electron chi connectivity index (χ3n) is 6.06. The molecule has 0 saturated carbocycles. The fraction of sp³-hybridized carbons (Fsp3) is 0.435. The van der Waals surface area contributed by atoms with Gasteiger partial charge < -0.3 is 14.7 Å². The molecule has 2 atom stereocenters. The Hall–Kier alpha value is -2.33. The van der Waals surface area contributed by atoms with Crippen molar-refractivity contribution in [3.8, 4) is 11.1 Å². The number of amides is 1. The Kier molecular flexibility index (Phi) is 5.17. The molecule has 4 heteroatoms. The molecule has 1 saturated heterocycles. The van der Waals surface area contributed by atoms with Crippen LogP contribution in [0.3, 0.4) is 0 Å². The van der Waals surface area contributed by atoms with E-state index < -0.39 is 0 Å². The monoisotopic (exact) mass is 365 g/mol. The molecule has 142 valence electrons. The molecule has 4 nitrogen and oxygen atoms in total. The third kappa shape index (κ3) is 3.34. The fourth-order valence-corrected chi connectivity index (χ4v) is 4.68. The van der Waals surface area contributed by atoms with Crippen molar-refractivity contribution in [3.05, 3.63) is 59.7 Å². The molecule has 1 aliphatic heterocycles. The normalized spacial score (nSPS) is 21.2. The minimum absolute atomic E-state index is 0.0871. The van der Waals surface area contributed by atoms with E-state index in [9.17, 15) is 9.90 Å². The van der Waals surface area contributed by atoms with Crippen LogP contribution in [0, 0.1) is 11.8 Å². The first-order valence-electron chi connectivity index (χ1n) is 9.93. The van der Waals surface area contributed by atoms with Crippen molar-refractivity contribution in [1.29, 1.82) is 0 Å². The lowest BCUT2D eigenvalue weighted by molar-refractivity contribution is 0.105. The number of hydrogen-bond donors (Lipinski definition) is 1. The highest BCUT2D eigenvalue weighted by Crippen LogP contribution is 2.44. The number of fused-ring (bicyclic) bond motifs is 3. The summed E-state index contributed by atoms with van der Waals surface area (Å²) < 4.78 is 5.75. The first-order chi connectivity index (χ1) is 13.2. The van der Waals surface area contributed by atoms with Gasteiger partial charge in [0.2, 0.25) is 0 Å². The molecule has 2 aromatic rings. The van der Waals surface area contributed by atoms with Gasteiger partial charge in [-0.05, 0) is 34.6 Å². The van der Waals surface area contributed by atoms with Crippen LogP contribution in [0.4, 0.5) is 4.79 Å².